The van der Waals surface area contributed by atoms with Gasteiger partial charge in [-0.2, -0.15) is 0 Å². The third-order valence-electron chi connectivity index (χ3n) is 6.57. The average Bonchev–Trinajstić information content (AvgIpc) is 2.87. The third kappa shape index (κ3) is 11.7. The summed E-state index contributed by atoms with van der Waals surface area (Å²) in [5.41, 5.74) is 1.13. The van der Waals surface area contributed by atoms with Gasteiger partial charge in [0.25, 0.3) is 0 Å². The molecule has 2 aromatic rings. The molecule has 0 aromatic heterocycles. The van der Waals surface area contributed by atoms with Gasteiger partial charge in [0, 0.05) is 6.61 Å². The Labute approximate surface area is 210 Å². The number of benzene rings is 2. The Kier molecular flexibility index (Phi) is 14.9. The Bertz CT molecular complexity index is 746. The summed E-state index contributed by atoms with van der Waals surface area (Å²) in [7, 11) is -2.16. The van der Waals surface area contributed by atoms with Crippen LogP contribution >= 0.6 is 0 Å². The fourth-order valence-corrected chi connectivity index (χ4v) is 6.61. The van der Waals surface area contributed by atoms with Gasteiger partial charge in [0.2, 0.25) is 0 Å². The van der Waals surface area contributed by atoms with Gasteiger partial charge in [0.05, 0.1) is 6.61 Å². The van der Waals surface area contributed by atoms with Crippen LogP contribution in [0, 0.1) is 0 Å². The Balaban J connectivity index is 1.65. The second-order valence-corrected chi connectivity index (χ2v) is 13.2. The number of para-hydroxylation sites is 1. The minimum atomic E-state index is -2.16. The minimum Gasteiger partial charge on any atom is -0.457 e. The van der Waals surface area contributed by atoms with Crippen molar-refractivity contribution in [3.8, 4) is 11.5 Å². The molecule has 0 N–H and O–H groups in total. The Morgan fingerprint density at radius 2 is 1.18 bits per heavy atom. The SMILES string of the molecule is CCCCCCCCCCCCCO[Si](CC)(CC)OCc1cccc(Oc2ccccc2)c1. The van der Waals surface area contributed by atoms with Crippen LogP contribution in [0.25, 0.3) is 0 Å². The summed E-state index contributed by atoms with van der Waals surface area (Å²) in [5, 5.41) is 0. The molecule has 0 saturated heterocycles. The highest BCUT2D eigenvalue weighted by Crippen LogP contribution is 2.25. The largest absolute Gasteiger partial charge is 0.457 e. The van der Waals surface area contributed by atoms with E-state index in [1.54, 1.807) is 0 Å². The molecule has 0 fully saturated rings. The van der Waals surface area contributed by atoms with Crippen LogP contribution in [0.2, 0.25) is 12.1 Å². The van der Waals surface area contributed by atoms with Crippen LogP contribution in [-0.4, -0.2) is 15.2 Å². The van der Waals surface area contributed by atoms with E-state index in [2.05, 4.69) is 32.9 Å². The van der Waals surface area contributed by atoms with Crippen LogP contribution in [0.5, 0.6) is 11.5 Å². The Morgan fingerprint density at radius 3 is 1.79 bits per heavy atom. The van der Waals surface area contributed by atoms with Crippen molar-refractivity contribution in [3.05, 3.63) is 60.2 Å². The van der Waals surface area contributed by atoms with E-state index in [9.17, 15) is 0 Å². The quantitative estimate of drug-likeness (QED) is 0.138. The monoisotopic (exact) mass is 484 g/mol. The second kappa shape index (κ2) is 17.8. The molecule has 0 aliphatic carbocycles. The van der Waals surface area contributed by atoms with Crippen LogP contribution in [0.1, 0.15) is 97.0 Å². The van der Waals surface area contributed by atoms with Crippen LogP contribution in [0.15, 0.2) is 54.6 Å². The van der Waals surface area contributed by atoms with Crippen molar-refractivity contribution in [2.75, 3.05) is 6.61 Å². The first-order chi connectivity index (χ1) is 16.7. The third-order valence-corrected chi connectivity index (χ3v) is 10.1. The maximum absolute atomic E-state index is 6.48. The van der Waals surface area contributed by atoms with Gasteiger partial charge in [0.1, 0.15) is 11.5 Å². The molecule has 0 amide bonds. The van der Waals surface area contributed by atoms with Gasteiger partial charge in [-0.25, -0.2) is 0 Å². The fraction of sp³-hybridized carbons (Fsp3) is 0.600. The topological polar surface area (TPSA) is 27.7 Å². The Hall–Kier alpha value is -1.62. The van der Waals surface area contributed by atoms with E-state index in [1.807, 2.05) is 42.5 Å². The zero-order valence-corrected chi connectivity index (χ0v) is 23.0. The summed E-state index contributed by atoms with van der Waals surface area (Å²) in [4.78, 5) is 0. The van der Waals surface area contributed by atoms with Crippen molar-refractivity contribution in [1.29, 1.82) is 0 Å². The zero-order valence-electron chi connectivity index (χ0n) is 22.0. The molecule has 0 radical (unpaired) electrons. The van der Waals surface area contributed by atoms with Crippen molar-refractivity contribution in [3.63, 3.8) is 0 Å². The van der Waals surface area contributed by atoms with E-state index >= 15 is 0 Å². The zero-order chi connectivity index (χ0) is 24.3. The summed E-state index contributed by atoms with van der Waals surface area (Å²) in [5.74, 6) is 1.69. The molecule has 0 saturated carbocycles. The van der Waals surface area contributed by atoms with Crippen LogP contribution in [-0.2, 0) is 15.5 Å². The molecular formula is C30H48O3Si. The average molecular weight is 485 g/mol. The minimum absolute atomic E-state index is 0.581. The smallest absolute Gasteiger partial charge is 0.337 e. The molecule has 0 atom stereocenters. The summed E-state index contributed by atoms with van der Waals surface area (Å²) in [6, 6.07) is 20.1. The van der Waals surface area contributed by atoms with Gasteiger partial charge < -0.3 is 13.6 Å². The van der Waals surface area contributed by atoms with E-state index in [0.717, 1.165) is 42.2 Å². The molecule has 0 heterocycles. The lowest BCUT2D eigenvalue weighted by atomic mass is 10.1. The van der Waals surface area contributed by atoms with Crippen molar-refractivity contribution < 1.29 is 13.6 Å². The predicted molar refractivity (Wildman–Crippen MR) is 147 cm³/mol. The lowest BCUT2D eigenvalue weighted by Gasteiger charge is -2.29. The van der Waals surface area contributed by atoms with Gasteiger partial charge in [-0.15, -0.1) is 0 Å². The van der Waals surface area contributed by atoms with Crippen molar-refractivity contribution >= 4 is 8.56 Å². The van der Waals surface area contributed by atoms with Crippen LogP contribution < -0.4 is 4.74 Å². The normalized spacial score (nSPS) is 11.6. The first-order valence-electron chi connectivity index (χ1n) is 13.8. The summed E-state index contributed by atoms with van der Waals surface area (Å²) in [6.45, 7) is 8.13. The molecule has 4 heteroatoms. The maximum Gasteiger partial charge on any atom is 0.337 e. The highest BCUT2D eigenvalue weighted by atomic mass is 28.4. The lowest BCUT2D eigenvalue weighted by Crippen LogP contribution is -2.40. The summed E-state index contributed by atoms with van der Waals surface area (Å²) < 4.78 is 18.9. The van der Waals surface area contributed by atoms with E-state index in [1.165, 1.54) is 64.2 Å². The first kappa shape index (κ1) is 28.6. The molecule has 0 aliphatic heterocycles. The van der Waals surface area contributed by atoms with Crippen LogP contribution in [0.4, 0.5) is 0 Å². The van der Waals surface area contributed by atoms with E-state index in [-0.39, 0.29) is 0 Å². The molecular weight excluding hydrogens is 436 g/mol. The van der Waals surface area contributed by atoms with E-state index in [0.29, 0.717) is 6.61 Å². The highest BCUT2D eigenvalue weighted by molar-refractivity contribution is 6.67. The van der Waals surface area contributed by atoms with Gasteiger partial charge in [-0.3, -0.25) is 0 Å². The van der Waals surface area contributed by atoms with Crippen molar-refractivity contribution in [2.45, 2.75) is 110 Å². The number of unbranched alkanes of at least 4 members (excludes halogenated alkanes) is 10. The van der Waals surface area contributed by atoms with Gasteiger partial charge in [-0.05, 0) is 48.3 Å². The molecule has 3 nitrogen and oxygen atoms in total. The molecule has 0 spiro atoms. The lowest BCUT2D eigenvalue weighted by molar-refractivity contribution is 0.158. The molecule has 2 rings (SSSR count). The maximum atomic E-state index is 6.48. The molecule has 34 heavy (non-hydrogen) atoms. The van der Waals surface area contributed by atoms with Gasteiger partial charge >= 0.3 is 8.56 Å². The summed E-state index contributed by atoms with van der Waals surface area (Å²) in [6.07, 6.45) is 14.9. The molecule has 2 aromatic carbocycles. The standard InChI is InChI=1S/C30H48O3Si/c1-4-7-8-9-10-11-12-13-14-15-19-25-31-34(5-2,6-3)32-27-28-21-20-24-30(26-28)33-29-22-17-16-18-23-29/h16-18,20-24,26H,4-15,19,25,27H2,1-3H3. The van der Waals surface area contributed by atoms with E-state index in [4.69, 9.17) is 13.6 Å². The van der Waals surface area contributed by atoms with Crippen molar-refractivity contribution in [1.82, 2.24) is 0 Å². The number of hydrogen-bond donors (Lipinski definition) is 0. The molecule has 0 unspecified atom stereocenters. The van der Waals surface area contributed by atoms with Gasteiger partial charge in [-0.1, -0.05) is 115 Å². The number of ether oxygens (including phenoxy) is 1. The fourth-order valence-electron chi connectivity index (χ4n) is 4.26. The number of hydrogen-bond acceptors (Lipinski definition) is 3. The second-order valence-electron chi connectivity index (χ2n) is 9.35. The molecule has 190 valence electrons. The molecule has 0 aliphatic rings. The van der Waals surface area contributed by atoms with E-state index < -0.39 is 8.56 Å². The first-order valence-corrected chi connectivity index (χ1v) is 16.0. The Morgan fingerprint density at radius 1 is 0.588 bits per heavy atom. The molecule has 0 bridgehead atoms. The highest BCUT2D eigenvalue weighted by Gasteiger charge is 2.33. The number of rotatable bonds is 20. The van der Waals surface area contributed by atoms with Gasteiger partial charge in [0.15, 0.2) is 0 Å². The summed E-state index contributed by atoms with van der Waals surface area (Å²) >= 11 is 0. The van der Waals surface area contributed by atoms with Crippen LogP contribution in [0.3, 0.4) is 0 Å². The van der Waals surface area contributed by atoms with Crippen molar-refractivity contribution in [2.24, 2.45) is 0 Å². The predicted octanol–water partition coefficient (Wildman–Crippen LogP) is 9.81.